The summed E-state index contributed by atoms with van der Waals surface area (Å²) in [7, 11) is 0. The number of hydrogen-bond acceptors (Lipinski definition) is 4. The lowest BCUT2D eigenvalue weighted by Crippen LogP contribution is -2.19. The molecule has 11 heavy (non-hydrogen) atoms. The molecule has 0 heterocycles. The fraction of sp³-hybridized carbons (Fsp3) is 0.167. The summed E-state index contributed by atoms with van der Waals surface area (Å²) in [5.41, 5.74) is -0.475. The molecular weight excluding hydrogens is 150 g/mol. The molecule has 0 aliphatic heterocycles. The minimum absolute atomic E-state index is 0.470. The summed E-state index contributed by atoms with van der Waals surface area (Å²) in [6, 6.07) is 0. The summed E-state index contributed by atoms with van der Waals surface area (Å²) in [6.45, 7) is 0. The highest BCUT2D eigenvalue weighted by molar-refractivity contribution is 6.00. The molecule has 1 atom stereocenters. The highest BCUT2D eigenvalue weighted by Gasteiger charge is 2.23. The Kier molecular flexibility index (Phi) is 1.82. The lowest BCUT2D eigenvalue weighted by atomic mass is 10.1. The maximum Gasteiger partial charge on any atom is 0.282 e. The number of rotatable bonds is 1. The summed E-state index contributed by atoms with van der Waals surface area (Å²) < 4.78 is 0. The third kappa shape index (κ3) is 1.50. The second-order valence-corrected chi connectivity index (χ2v) is 2.03. The molecule has 0 radical (unpaired) electrons. The van der Waals surface area contributed by atoms with Gasteiger partial charge in [-0.05, 0) is 12.2 Å². The highest BCUT2D eigenvalue weighted by Crippen LogP contribution is 2.09. The first-order valence-corrected chi connectivity index (χ1v) is 2.87. The topological polar surface area (TPSA) is 80.4 Å². The van der Waals surface area contributed by atoms with Gasteiger partial charge in [0.1, 0.15) is 0 Å². The molecule has 1 aliphatic carbocycles. The molecule has 0 fully saturated rings. The van der Waals surface area contributed by atoms with Gasteiger partial charge in [-0.3, -0.25) is 14.9 Å². The van der Waals surface area contributed by atoms with E-state index in [9.17, 15) is 14.9 Å². The van der Waals surface area contributed by atoms with Gasteiger partial charge in [0.15, 0.2) is 11.9 Å². The van der Waals surface area contributed by atoms with Gasteiger partial charge in [0.05, 0.1) is 11.0 Å². The predicted octanol–water partition coefficient (Wildman–Crippen LogP) is -0.353. The van der Waals surface area contributed by atoms with Crippen molar-refractivity contribution in [3.05, 3.63) is 34.0 Å². The fourth-order valence-corrected chi connectivity index (χ4v) is 0.725. The molecule has 0 amide bonds. The van der Waals surface area contributed by atoms with Gasteiger partial charge in [0, 0.05) is 0 Å². The van der Waals surface area contributed by atoms with Crippen LogP contribution in [-0.2, 0) is 4.79 Å². The van der Waals surface area contributed by atoms with E-state index in [0.717, 1.165) is 18.2 Å². The third-order valence-corrected chi connectivity index (χ3v) is 1.25. The Balaban J connectivity index is 2.93. The number of carbonyl (C=O) groups is 1. The largest absolute Gasteiger partial charge is 0.378 e. The molecule has 58 valence electrons. The van der Waals surface area contributed by atoms with Crippen LogP contribution in [0.2, 0.25) is 0 Å². The van der Waals surface area contributed by atoms with Gasteiger partial charge in [0.25, 0.3) is 5.70 Å². The Hall–Kier alpha value is -1.49. The van der Waals surface area contributed by atoms with E-state index in [2.05, 4.69) is 0 Å². The monoisotopic (exact) mass is 155 g/mol. The van der Waals surface area contributed by atoms with Crippen molar-refractivity contribution in [3.8, 4) is 0 Å². The van der Waals surface area contributed by atoms with Crippen molar-refractivity contribution < 1.29 is 14.8 Å². The summed E-state index contributed by atoms with van der Waals surface area (Å²) >= 11 is 0. The van der Waals surface area contributed by atoms with Crippen LogP contribution in [0.1, 0.15) is 0 Å². The molecule has 1 unspecified atom stereocenters. The Morgan fingerprint density at radius 1 is 1.64 bits per heavy atom. The van der Waals surface area contributed by atoms with Crippen LogP contribution < -0.4 is 0 Å². The van der Waals surface area contributed by atoms with Gasteiger partial charge in [-0.15, -0.1) is 0 Å². The van der Waals surface area contributed by atoms with Crippen molar-refractivity contribution in [1.82, 2.24) is 0 Å². The molecule has 0 aromatic carbocycles. The van der Waals surface area contributed by atoms with Gasteiger partial charge >= 0.3 is 0 Å². The molecule has 0 saturated heterocycles. The first-order valence-electron chi connectivity index (χ1n) is 2.87. The maximum atomic E-state index is 10.5. The van der Waals surface area contributed by atoms with Gasteiger partial charge in [-0.25, -0.2) is 0 Å². The predicted molar refractivity (Wildman–Crippen MR) is 35.2 cm³/mol. The van der Waals surface area contributed by atoms with E-state index in [1.807, 2.05) is 0 Å². The van der Waals surface area contributed by atoms with Crippen molar-refractivity contribution in [2.24, 2.45) is 0 Å². The van der Waals surface area contributed by atoms with Crippen molar-refractivity contribution in [1.29, 1.82) is 0 Å². The Bertz CT molecular complexity index is 266. The molecule has 5 heteroatoms. The van der Waals surface area contributed by atoms with E-state index >= 15 is 0 Å². The molecule has 0 saturated carbocycles. The summed E-state index contributed by atoms with van der Waals surface area (Å²) in [5, 5.41) is 19.0. The van der Waals surface area contributed by atoms with Gasteiger partial charge in [-0.2, -0.15) is 0 Å². The molecule has 1 N–H and O–H groups in total. The van der Waals surface area contributed by atoms with Crippen molar-refractivity contribution in [2.45, 2.75) is 6.10 Å². The lowest BCUT2D eigenvalue weighted by Gasteiger charge is -2.04. The second-order valence-electron chi connectivity index (χ2n) is 2.03. The van der Waals surface area contributed by atoms with Crippen molar-refractivity contribution >= 4 is 5.78 Å². The zero-order valence-corrected chi connectivity index (χ0v) is 5.43. The number of nitrogens with zero attached hydrogens (tertiary/aromatic N) is 1. The molecule has 0 spiro atoms. The minimum atomic E-state index is -1.26. The number of carbonyl (C=O) groups excluding carboxylic acids is 1. The average molecular weight is 155 g/mol. The van der Waals surface area contributed by atoms with Crippen LogP contribution in [0, 0.1) is 10.1 Å². The van der Waals surface area contributed by atoms with E-state index < -0.39 is 22.5 Å². The third-order valence-electron chi connectivity index (χ3n) is 1.25. The SMILES string of the molecule is O=C1C=CC(O)C([N+](=O)[O-])=C1. The number of nitro groups is 1. The number of aliphatic hydroxyl groups excluding tert-OH is 1. The first kappa shape index (κ1) is 7.62. The molecule has 0 aromatic rings. The summed E-state index contributed by atoms with van der Waals surface area (Å²) in [4.78, 5) is 19.9. The number of hydrogen-bond donors (Lipinski definition) is 1. The highest BCUT2D eigenvalue weighted by atomic mass is 16.6. The van der Waals surface area contributed by atoms with Crippen LogP contribution in [0.25, 0.3) is 0 Å². The molecule has 1 aliphatic rings. The van der Waals surface area contributed by atoms with Crippen molar-refractivity contribution in [2.75, 3.05) is 0 Å². The van der Waals surface area contributed by atoms with Crippen LogP contribution >= 0.6 is 0 Å². The van der Waals surface area contributed by atoms with E-state index in [-0.39, 0.29) is 0 Å². The first-order chi connectivity index (χ1) is 5.11. The number of aliphatic hydroxyl groups is 1. The van der Waals surface area contributed by atoms with Crippen molar-refractivity contribution in [3.63, 3.8) is 0 Å². The van der Waals surface area contributed by atoms with Crippen LogP contribution in [0.15, 0.2) is 23.9 Å². The van der Waals surface area contributed by atoms with Crippen LogP contribution in [0.4, 0.5) is 0 Å². The molecule has 5 nitrogen and oxygen atoms in total. The Morgan fingerprint density at radius 3 is 2.73 bits per heavy atom. The molecule has 1 rings (SSSR count). The van der Waals surface area contributed by atoms with Gasteiger partial charge in [-0.1, -0.05) is 0 Å². The van der Waals surface area contributed by atoms with Crippen LogP contribution in [-0.4, -0.2) is 21.9 Å². The number of ketones is 1. The van der Waals surface area contributed by atoms with E-state index in [4.69, 9.17) is 5.11 Å². The summed E-state index contributed by atoms with van der Waals surface area (Å²) in [5.74, 6) is -0.470. The zero-order valence-electron chi connectivity index (χ0n) is 5.43. The van der Waals surface area contributed by atoms with Crippen LogP contribution in [0.5, 0.6) is 0 Å². The minimum Gasteiger partial charge on any atom is -0.378 e. The quantitative estimate of drug-likeness (QED) is 0.414. The number of allylic oxidation sites excluding steroid dienone is 2. The lowest BCUT2D eigenvalue weighted by molar-refractivity contribution is -0.434. The molecular formula is C6H5NO4. The van der Waals surface area contributed by atoms with E-state index in [1.165, 1.54) is 0 Å². The summed E-state index contributed by atoms with van der Waals surface area (Å²) in [6.07, 6.45) is 1.73. The van der Waals surface area contributed by atoms with E-state index in [1.54, 1.807) is 0 Å². The van der Waals surface area contributed by atoms with Gasteiger partial charge < -0.3 is 5.11 Å². The van der Waals surface area contributed by atoms with E-state index in [0.29, 0.717) is 0 Å². The zero-order chi connectivity index (χ0) is 8.43. The molecule has 0 aromatic heterocycles. The maximum absolute atomic E-state index is 10.5. The average Bonchev–Trinajstić information content (AvgIpc) is 1.94. The second kappa shape index (κ2) is 2.63. The Morgan fingerprint density at radius 2 is 2.27 bits per heavy atom. The van der Waals surface area contributed by atoms with Gasteiger partial charge in [0.2, 0.25) is 0 Å². The van der Waals surface area contributed by atoms with Crippen LogP contribution in [0.3, 0.4) is 0 Å². The normalized spacial score (nSPS) is 23.2. The Labute approximate surface area is 61.8 Å². The smallest absolute Gasteiger partial charge is 0.282 e. The fourth-order valence-electron chi connectivity index (χ4n) is 0.725. The standard InChI is InChI=1S/C6H5NO4/c8-4-1-2-6(9)5(3-4)7(10)11/h1-3,6,9H. The molecule has 0 bridgehead atoms.